The molecule has 0 amide bonds. The van der Waals surface area contributed by atoms with Crippen molar-refractivity contribution in [2.24, 2.45) is 5.92 Å². The van der Waals surface area contributed by atoms with E-state index in [1.54, 1.807) is 6.92 Å². The van der Waals surface area contributed by atoms with E-state index < -0.39 is 0 Å². The van der Waals surface area contributed by atoms with Crippen molar-refractivity contribution in [1.82, 2.24) is 0 Å². The van der Waals surface area contributed by atoms with Gasteiger partial charge in [-0.2, -0.15) is 0 Å². The Morgan fingerprint density at radius 3 is 2.94 bits per heavy atom. The van der Waals surface area contributed by atoms with E-state index in [2.05, 4.69) is 6.58 Å². The summed E-state index contributed by atoms with van der Waals surface area (Å²) in [6.45, 7) is 5.17. The zero-order chi connectivity index (χ0) is 11.7. The maximum absolute atomic E-state index is 11.4. The molecule has 1 aliphatic heterocycles. The zero-order valence-corrected chi connectivity index (χ0v) is 9.40. The number of fused-ring (bicyclic) bond motifs is 1. The van der Waals surface area contributed by atoms with Crippen LogP contribution in [-0.4, -0.2) is 24.1 Å². The van der Waals surface area contributed by atoms with Crippen LogP contribution in [0.5, 0.6) is 0 Å². The summed E-state index contributed by atoms with van der Waals surface area (Å²) in [4.78, 5) is 22.6. The van der Waals surface area contributed by atoms with E-state index in [9.17, 15) is 9.59 Å². The van der Waals surface area contributed by atoms with Gasteiger partial charge in [-0.3, -0.25) is 4.79 Å². The fourth-order valence-electron chi connectivity index (χ4n) is 2.39. The summed E-state index contributed by atoms with van der Waals surface area (Å²) in [5.41, 5.74) is 0.396. The minimum Gasteiger partial charge on any atom is -0.462 e. The van der Waals surface area contributed by atoms with E-state index in [1.807, 2.05) is 0 Å². The van der Waals surface area contributed by atoms with Crippen LogP contribution < -0.4 is 0 Å². The Bertz CT molecular complexity index is 334. The van der Waals surface area contributed by atoms with E-state index in [1.165, 1.54) is 0 Å². The summed E-state index contributed by atoms with van der Waals surface area (Å²) in [7, 11) is 0. The molecule has 0 aromatic rings. The second kappa shape index (κ2) is 4.28. The molecule has 1 saturated carbocycles. The summed E-state index contributed by atoms with van der Waals surface area (Å²) in [5, 5.41) is 0. The van der Waals surface area contributed by atoms with Gasteiger partial charge < -0.3 is 9.47 Å². The van der Waals surface area contributed by atoms with Crippen LogP contribution in [0.2, 0.25) is 0 Å². The van der Waals surface area contributed by atoms with Gasteiger partial charge in [-0.05, 0) is 26.2 Å². The molecule has 2 fully saturated rings. The van der Waals surface area contributed by atoms with E-state index in [0.717, 1.165) is 19.3 Å². The predicted molar refractivity (Wildman–Crippen MR) is 56.5 cm³/mol. The molecule has 0 aromatic carbocycles. The Morgan fingerprint density at radius 1 is 1.50 bits per heavy atom. The van der Waals surface area contributed by atoms with Gasteiger partial charge in [0.15, 0.2) is 0 Å². The molecule has 2 rings (SSSR count). The van der Waals surface area contributed by atoms with Crippen molar-refractivity contribution in [3.05, 3.63) is 12.2 Å². The summed E-state index contributed by atoms with van der Waals surface area (Å²) in [5.74, 6) is -0.497. The normalized spacial score (nSPS) is 32.8. The van der Waals surface area contributed by atoms with E-state index >= 15 is 0 Å². The number of hydrogen-bond acceptors (Lipinski definition) is 4. The molecule has 0 aromatic heterocycles. The standard InChI is InChI=1S/C12H16O4/c1-7(2)12(14)16-10-5-3-4-9-8(10)6-11(13)15-9/h8-10H,1,3-6H2,2H3. The van der Waals surface area contributed by atoms with Crippen molar-refractivity contribution in [3.63, 3.8) is 0 Å². The van der Waals surface area contributed by atoms with Gasteiger partial charge in [0.05, 0.1) is 6.42 Å². The number of carbonyl (C=O) groups is 2. The number of hydrogen-bond donors (Lipinski definition) is 0. The van der Waals surface area contributed by atoms with E-state index in [4.69, 9.17) is 9.47 Å². The average Bonchev–Trinajstić information content (AvgIpc) is 2.59. The van der Waals surface area contributed by atoms with Gasteiger partial charge in [0.2, 0.25) is 0 Å². The highest BCUT2D eigenvalue weighted by Crippen LogP contribution is 2.36. The minimum atomic E-state index is -0.370. The molecular formula is C12H16O4. The highest BCUT2D eigenvalue weighted by Gasteiger charge is 2.44. The predicted octanol–water partition coefficient (Wildman–Crippen LogP) is 1.59. The first-order valence-electron chi connectivity index (χ1n) is 5.64. The van der Waals surface area contributed by atoms with Crippen LogP contribution in [0.3, 0.4) is 0 Å². The maximum atomic E-state index is 11.4. The van der Waals surface area contributed by atoms with Crippen LogP contribution in [0.15, 0.2) is 12.2 Å². The monoisotopic (exact) mass is 224 g/mol. The topological polar surface area (TPSA) is 52.6 Å². The van der Waals surface area contributed by atoms with Gasteiger partial charge in [-0.25, -0.2) is 4.79 Å². The highest BCUT2D eigenvalue weighted by atomic mass is 16.6. The third-order valence-corrected chi connectivity index (χ3v) is 3.22. The van der Waals surface area contributed by atoms with Gasteiger partial charge in [0.1, 0.15) is 12.2 Å². The van der Waals surface area contributed by atoms with Crippen LogP contribution in [-0.2, 0) is 19.1 Å². The van der Waals surface area contributed by atoms with Crippen molar-refractivity contribution in [2.45, 2.75) is 44.8 Å². The Labute approximate surface area is 94.6 Å². The molecular weight excluding hydrogens is 208 g/mol. The first kappa shape index (κ1) is 11.2. The molecule has 2 aliphatic rings. The molecule has 4 heteroatoms. The van der Waals surface area contributed by atoms with Gasteiger partial charge in [0.25, 0.3) is 0 Å². The Morgan fingerprint density at radius 2 is 2.25 bits per heavy atom. The fraction of sp³-hybridized carbons (Fsp3) is 0.667. The lowest BCUT2D eigenvalue weighted by atomic mass is 9.83. The zero-order valence-electron chi connectivity index (χ0n) is 9.40. The quantitative estimate of drug-likeness (QED) is 0.528. The Hall–Kier alpha value is -1.32. The third-order valence-electron chi connectivity index (χ3n) is 3.22. The summed E-state index contributed by atoms with van der Waals surface area (Å²) in [6.07, 6.45) is 2.77. The highest BCUT2D eigenvalue weighted by molar-refractivity contribution is 5.87. The number of esters is 2. The number of carbonyl (C=O) groups excluding carboxylic acids is 2. The number of rotatable bonds is 2. The molecule has 16 heavy (non-hydrogen) atoms. The first-order chi connectivity index (χ1) is 7.58. The SMILES string of the molecule is C=C(C)C(=O)OC1CCCC2OC(=O)CC21. The number of ether oxygens (including phenoxy) is 2. The summed E-state index contributed by atoms with van der Waals surface area (Å²) in [6, 6.07) is 0. The van der Waals surface area contributed by atoms with Gasteiger partial charge in [0, 0.05) is 11.5 Å². The van der Waals surface area contributed by atoms with Crippen LogP contribution in [0, 0.1) is 5.92 Å². The molecule has 1 aliphatic carbocycles. The summed E-state index contributed by atoms with van der Waals surface area (Å²) >= 11 is 0. The van der Waals surface area contributed by atoms with Crippen molar-refractivity contribution >= 4 is 11.9 Å². The molecule has 0 bridgehead atoms. The lowest BCUT2D eigenvalue weighted by Crippen LogP contribution is -2.36. The molecule has 0 radical (unpaired) electrons. The minimum absolute atomic E-state index is 0.0459. The Kier molecular flexibility index (Phi) is 2.99. The molecule has 0 N–H and O–H groups in total. The van der Waals surface area contributed by atoms with Crippen LogP contribution in [0.1, 0.15) is 32.6 Å². The van der Waals surface area contributed by atoms with Crippen LogP contribution >= 0.6 is 0 Å². The van der Waals surface area contributed by atoms with Crippen LogP contribution in [0.4, 0.5) is 0 Å². The van der Waals surface area contributed by atoms with Crippen molar-refractivity contribution in [3.8, 4) is 0 Å². The first-order valence-corrected chi connectivity index (χ1v) is 5.64. The molecule has 0 spiro atoms. The van der Waals surface area contributed by atoms with Gasteiger partial charge in [-0.15, -0.1) is 0 Å². The van der Waals surface area contributed by atoms with Crippen molar-refractivity contribution in [2.75, 3.05) is 0 Å². The molecule has 1 saturated heterocycles. The molecule has 88 valence electrons. The third kappa shape index (κ3) is 2.10. The van der Waals surface area contributed by atoms with Gasteiger partial charge in [-0.1, -0.05) is 6.58 Å². The maximum Gasteiger partial charge on any atom is 0.333 e. The molecule has 3 unspecified atom stereocenters. The van der Waals surface area contributed by atoms with E-state index in [-0.39, 0.29) is 30.1 Å². The molecule has 3 atom stereocenters. The fourth-order valence-corrected chi connectivity index (χ4v) is 2.39. The lowest BCUT2D eigenvalue weighted by molar-refractivity contribution is -0.151. The second-order valence-electron chi connectivity index (χ2n) is 4.55. The van der Waals surface area contributed by atoms with Crippen LogP contribution in [0.25, 0.3) is 0 Å². The lowest BCUT2D eigenvalue weighted by Gasteiger charge is -2.31. The summed E-state index contributed by atoms with van der Waals surface area (Å²) < 4.78 is 10.5. The molecule has 1 heterocycles. The van der Waals surface area contributed by atoms with Crippen molar-refractivity contribution < 1.29 is 19.1 Å². The van der Waals surface area contributed by atoms with Crippen molar-refractivity contribution in [1.29, 1.82) is 0 Å². The molecule has 4 nitrogen and oxygen atoms in total. The second-order valence-corrected chi connectivity index (χ2v) is 4.55. The smallest absolute Gasteiger partial charge is 0.333 e. The van der Waals surface area contributed by atoms with E-state index in [0.29, 0.717) is 12.0 Å². The Balaban J connectivity index is 2.01. The van der Waals surface area contributed by atoms with Gasteiger partial charge >= 0.3 is 11.9 Å². The average molecular weight is 224 g/mol. The largest absolute Gasteiger partial charge is 0.462 e.